The molecule has 0 saturated heterocycles. The van der Waals surface area contributed by atoms with Crippen molar-refractivity contribution in [1.29, 1.82) is 0 Å². The highest BCUT2D eigenvalue weighted by Gasteiger charge is 2.29. The highest BCUT2D eigenvalue weighted by atomic mass is 32.2. The minimum Gasteiger partial charge on any atom is -0.398 e. The van der Waals surface area contributed by atoms with Crippen LogP contribution in [0.25, 0.3) is 0 Å². The molecule has 1 rings (SSSR count). The van der Waals surface area contributed by atoms with Crippen LogP contribution in [-0.2, 0) is 10.0 Å². The Morgan fingerprint density at radius 3 is 2.33 bits per heavy atom. The van der Waals surface area contributed by atoms with Gasteiger partial charge < -0.3 is 5.73 Å². The Kier molecular flexibility index (Phi) is 6.23. The zero-order valence-electron chi connectivity index (χ0n) is 13.8. The van der Waals surface area contributed by atoms with Crippen molar-refractivity contribution in [2.24, 2.45) is 0 Å². The lowest BCUT2D eigenvalue weighted by atomic mass is 10.1. The van der Waals surface area contributed by atoms with Gasteiger partial charge in [-0.2, -0.15) is 4.31 Å². The summed E-state index contributed by atoms with van der Waals surface area (Å²) in [6.07, 6.45) is 2.99. The SMILES string of the molecule is CCCCCN(C(C)C)S(=O)(=O)c1c(C)ccc(N)c1C. The van der Waals surface area contributed by atoms with E-state index in [9.17, 15) is 8.42 Å². The first-order valence-electron chi connectivity index (χ1n) is 7.61. The van der Waals surface area contributed by atoms with E-state index in [2.05, 4.69) is 6.92 Å². The third-order valence-corrected chi connectivity index (χ3v) is 6.14. The Bertz CT molecular complexity index is 580. The van der Waals surface area contributed by atoms with Gasteiger partial charge >= 0.3 is 0 Å². The van der Waals surface area contributed by atoms with Gasteiger partial charge in [0.25, 0.3) is 0 Å². The highest BCUT2D eigenvalue weighted by molar-refractivity contribution is 7.89. The zero-order chi connectivity index (χ0) is 16.2. The second-order valence-electron chi connectivity index (χ2n) is 5.84. The molecular formula is C16H28N2O2S. The van der Waals surface area contributed by atoms with Gasteiger partial charge in [0.1, 0.15) is 0 Å². The van der Waals surface area contributed by atoms with E-state index in [4.69, 9.17) is 5.73 Å². The molecule has 4 nitrogen and oxygen atoms in total. The molecule has 1 aromatic carbocycles. The van der Waals surface area contributed by atoms with Crippen molar-refractivity contribution in [2.75, 3.05) is 12.3 Å². The predicted octanol–water partition coefficient (Wildman–Crippen LogP) is 3.47. The average Bonchev–Trinajstić information content (AvgIpc) is 2.38. The van der Waals surface area contributed by atoms with Crippen molar-refractivity contribution in [1.82, 2.24) is 4.31 Å². The molecular weight excluding hydrogens is 284 g/mol. The number of unbranched alkanes of at least 4 members (excludes halogenated alkanes) is 2. The summed E-state index contributed by atoms with van der Waals surface area (Å²) in [5.74, 6) is 0. The standard InChI is InChI=1S/C16H28N2O2S/c1-6-7-8-11-18(12(2)3)21(19,20)16-13(4)9-10-15(17)14(16)5/h9-10,12H,6-8,11,17H2,1-5H3. The van der Waals surface area contributed by atoms with Crippen LogP contribution < -0.4 is 5.73 Å². The number of benzene rings is 1. The van der Waals surface area contributed by atoms with Crippen LogP contribution >= 0.6 is 0 Å². The maximum absolute atomic E-state index is 13.0. The monoisotopic (exact) mass is 312 g/mol. The van der Waals surface area contributed by atoms with Crippen molar-refractivity contribution in [2.45, 2.75) is 64.8 Å². The van der Waals surface area contributed by atoms with Gasteiger partial charge in [0.15, 0.2) is 0 Å². The molecule has 0 amide bonds. The summed E-state index contributed by atoms with van der Waals surface area (Å²) in [6.45, 7) is 10.1. The van der Waals surface area contributed by atoms with Crippen LogP contribution in [0.15, 0.2) is 17.0 Å². The number of anilines is 1. The predicted molar refractivity (Wildman–Crippen MR) is 88.9 cm³/mol. The van der Waals surface area contributed by atoms with E-state index in [0.29, 0.717) is 22.7 Å². The third kappa shape index (κ3) is 3.98. The molecule has 0 fully saturated rings. The largest absolute Gasteiger partial charge is 0.398 e. The molecule has 0 radical (unpaired) electrons. The third-order valence-electron chi connectivity index (χ3n) is 3.77. The number of nitrogen functional groups attached to an aromatic ring is 1. The molecule has 0 bridgehead atoms. The number of rotatable bonds is 7. The maximum atomic E-state index is 13.0. The Balaban J connectivity index is 3.27. The molecule has 120 valence electrons. The molecule has 1 aromatic rings. The summed E-state index contributed by atoms with van der Waals surface area (Å²) in [7, 11) is -3.51. The molecule has 0 heterocycles. The minimum atomic E-state index is -3.51. The van der Waals surface area contributed by atoms with E-state index in [1.807, 2.05) is 20.8 Å². The van der Waals surface area contributed by atoms with E-state index in [-0.39, 0.29) is 6.04 Å². The van der Waals surface area contributed by atoms with Crippen molar-refractivity contribution in [3.8, 4) is 0 Å². The Hall–Kier alpha value is -1.07. The molecule has 0 aliphatic heterocycles. The number of nitrogens with two attached hydrogens (primary N) is 1. The molecule has 0 spiro atoms. The van der Waals surface area contributed by atoms with Crippen LogP contribution in [0.1, 0.15) is 51.2 Å². The topological polar surface area (TPSA) is 63.4 Å². The van der Waals surface area contributed by atoms with Gasteiger partial charge in [0, 0.05) is 18.3 Å². The summed E-state index contributed by atoms with van der Waals surface area (Å²) < 4.78 is 27.7. The van der Waals surface area contributed by atoms with Crippen molar-refractivity contribution in [3.05, 3.63) is 23.3 Å². The van der Waals surface area contributed by atoms with Crippen LogP contribution in [0.5, 0.6) is 0 Å². The Labute approximate surface area is 129 Å². The molecule has 0 unspecified atom stereocenters. The molecule has 0 aromatic heterocycles. The van der Waals surface area contributed by atoms with Crippen LogP contribution in [0.4, 0.5) is 5.69 Å². The second-order valence-corrected chi connectivity index (χ2v) is 7.67. The van der Waals surface area contributed by atoms with Crippen molar-refractivity contribution < 1.29 is 8.42 Å². The number of aryl methyl sites for hydroxylation is 1. The first kappa shape index (κ1) is 18.0. The normalized spacial score (nSPS) is 12.3. The van der Waals surface area contributed by atoms with Gasteiger partial charge in [-0.1, -0.05) is 25.8 Å². The van der Waals surface area contributed by atoms with Gasteiger partial charge in [0.05, 0.1) is 4.90 Å². The maximum Gasteiger partial charge on any atom is 0.243 e. The van der Waals surface area contributed by atoms with E-state index in [1.165, 1.54) is 0 Å². The molecule has 0 aliphatic carbocycles. The second kappa shape index (κ2) is 7.27. The van der Waals surface area contributed by atoms with Crippen LogP contribution in [0, 0.1) is 13.8 Å². The number of nitrogens with zero attached hydrogens (tertiary/aromatic N) is 1. The summed E-state index contributed by atoms with van der Waals surface area (Å²) in [5, 5.41) is 0. The van der Waals surface area contributed by atoms with Gasteiger partial charge in [-0.15, -0.1) is 0 Å². The quantitative estimate of drug-likeness (QED) is 0.619. The van der Waals surface area contributed by atoms with E-state index in [1.54, 1.807) is 23.4 Å². The van der Waals surface area contributed by atoms with E-state index in [0.717, 1.165) is 24.8 Å². The molecule has 5 heteroatoms. The lowest BCUT2D eigenvalue weighted by molar-refractivity contribution is 0.345. The Morgan fingerprint density at radius 2 is 1.81 bits per heavy atom. The summed E-state index contributed by atoms with van der Waals surface area (Å²) >= 11 is 0. The first-order valence-corrected chi connectivity index (χ1v) is 9.05. The number of hydrogen-bond donors (Lipinski definition) is 1. The molecule has 2 N–H and O–H groups in total. The zero-order valence-corrected chi connectivity index (χ0v) is 14.6. The fourth-order valence-electron chi connectivity index (χ4n) is 2.53. The van der Waals surface area contributed by atoms with Crippen LogP contribution in [-0.4, -0.2) is 25.3 Å². The van der Waals surface area contributed by atoms with Gasteiger partial charge in [0.2, 0.25) is 10.0 Å². The molecule has 21 heavy (non-hydrogen) atoms. The molecule has 0 aliphatic rings. The average molecular weight is 312 g/mol. The molecule has 0 saturated carbocycles. The highest BCUT2D eigenvalue weighted by Crippen LogP contribution is 2.28. The van der Waals surface area contributed by atoms with Gasteiger partial charge in [-0.3, -0.25) is 0 Å². The number of hydrogen-bond acceptors (Lipinski definition) is 3. The lowest BCUT2D eigenvalue weighted by Gasteiger charge is -2.27. The summed E-state index contributed by atoms with van der Waals surface area (Å²) in [5.41, 5.74) is 7.83. The van der Waals surface area contributed by atoms with Crippen LogP contribution in [0.2, 0.25) is 0 Å². The van der Waals surface area contributed by atoms with Gasteiger partial charge in [-0.05, 0) is 51.3 Å². The minimum absolute atomic E-state index is 0.0629. The van der Waals surface area contributed by atoms with Crippen molar-refractivity contribution in [3.63, 3.8) is 0 Å². The summed E-state index contributed by atoms with van der Waals surface area (Å²) in [6, 6.07) is 3.48. The van der Waals surface area contributed by atoms with E-state index >= 15 is 0 Å². The smallest absolute Gasteiger partial charge is 0.243 e. The first-order chi connectivity index (χ1) is 9.73. The molecule has 0 atom stereocenters. The summed E-state index contributed by atoms with van der Waals surface area (Å²) in [4.78, 5) is 0.368. The Morgan fingerprint density at radius 1 is 1.19 bits per heavy atom. The number of sulfonamides is 1. The van der Waals surface area contributed by atoms with E-state index < -0.39 is 10.0 Å². The van der Waals surface area contributed by atoms with Crippen molar-refractivity contribution >= 4 is 15.7 Å². The lowest BCUT2D eigenvalue weighted by Crippen LogP contribution is -2.38. The van der Waals surface area contributed by atoms with Gasteiger partial charge in [-0.25, -0.2) is 8.42 Å². The fraction of sp³-hybridized carbons (Fsp3) is 0.625. The fourth-order valence-corrected chi connectivity index (χ4v) is 4.67. The van der Waals surface area contributed by atoms with Crippen LogP contribution in [0.3, 0.4) is 0 Å².